The predicted molar refractivity (Wildman–Crippen MR) is 110 cm³/mol. The van der Waals surface area contributed by atoms with E-state index < -0.39 is 83.2 Å². The summed E-state index contributed by atoms with van der Waals surface area (Å²) in [5.41, 5.74) is -18.0. The minimum absolute atomic E-state index is 0.0771. The van der Waals surface area contributed by atoms with Crippen molar-refractivity contribution >= 4 is 43.9 Å². The van der Waals surface area contributed by atoms with Crippen LogP contribution < -0.4 is 5.06 Å². The lowest BCUT2D eigenvalue weighted by molar-refractivity contribution is -0.681. The number of pyridine rings is 1. The van der Waals surface area contributed by atoms with Crippen molar-refractivity contribution in [2.75, 3.05) is 0 Å². The van der Waals surface area contributed by atoms with Crippen LogP contribution in [0, 0.1) is 5.21 Å². The average molecular weight is 599 g/mol. The monoisotopic (exact) mass is 598 g/mol. The molecule has 0 aliphatic rings. The van der Waals surface area contributed by atoms with E-state index in [-0.39, 0.29) is 5.52 Å². The summed E-state index contributed by atoms with van der Waals surface area (Å²) in [5, 5.41) is 9.30. The molecule has 3 aromatic rings. The second-order valence-electron chi connectivity index (χ2n) is 7.50. The summed E-state index contributed by atoms with van der Waals surface area (Å²) in [6.45, 7) is 0. The number of hydrogen-bond donors (Lipinski definition) is 1. The number of amides is 1. The van der Waals surface area contributed by atoms with Crippen LogP contribution in [0.25, 0.3) is 10.9 Å². The standard InChI is InChI=1S/C20H9ClF10N2O4S/c21-12-7-11(17(22,18(23,24)25)19(26,27)28)8-14(38(36,37)20(29,30)31)15(12)33(35)16(34)10-4-3-9-2-1-5-32-13(9)6-10/h1-8,33H. The summed E-state index contributed by atoms with van der Waals surface area (Å²) in [6, 6.07) is 4.63. The lowest BCUT2D eigenvalue weighted by Crippen LogP contribution is -3.05. The first-order valence-electron chi connectivity index (χ1n) is 9.56. The van der Waals surface area contributed by atoms with Gasteiger partial charge in [-0.25, -0.2) is 17.6 Å². The van der Waals surface area contributed by atoms with Gasteiger partial charge in [-0.1, -0.05) is 23.7 Å². The number of quaternary nitrogens is 1. The lowest BCUT2D eigenvalue weighted by atomic mass is 9.94. The summed E-state index contributed by atoms with van der Waals surface area (Å²) in [6.07, 6.45) is -12.5. The molecule has 38 heavy (non-hydrogen) atoms. The van der Waals surface area contributed by atoms with Crippen LogP contribution in [-0.4, -0.2) is 37.2 Å². The highest BCUT2D eigenvalue weighted by Crippen LogP contribution is 2.54. The minimum Gasteiger partial charge on any atom is -0.621 e. The normalized spacial score (nSPS) is 14.5. The fourth-order valence-corrected chi connectivity index (χ4v) is 4.64. The number of alkyl halides is 10. The number of benzene rings is 2. The summed E-state index contributed by atoms with van der Waals surface area (Å²) >= 11 is 5.50. The van der Waals surface area contributed by atoms with E-state index >= 15 is 0 Å². The highest BCUT2D eigenvalue weighted by Gasteiger charge is 2.74. The second kappa shape index (κ2) is 9.32. The number of halogens is 11. The molecule has 0 fully saturated rings. The number of fused-ring (bicyclic) bond motifs is 1. The fourth-order valence-electron chi connectivity index (χ4n) is 3.28. The molecule has 1 amide bonds. The quantitative estimate of drug-likeness (QED) is 0.324. The number of hydrogen-bond acceptors (Lipinski definition) is 5. The molecule has 1 unspecified atom stereocenters. The van der Waals surface area contributed by atoms with Crippen LogP contribution in [0.1, 0.15) is 15.9 Å². The summed E-state index contributed by atoms with van der Waals surface area (Å²) in [7, 11) is -6.97. The topological polar surface area (TPSA) is 91.6 Å². The van der Waals surface area contributed by atoms with Crippen molar-refractivity contribution in [2.45, 2.75) is 28.4 Å². The molecule has 1 atom stereocenters. The van der Waals surface area contributed by atoms with Crippen LogP contribution in [0.5, 0.6) is 0 Å². The molecule has 2 aromatic carbocycles. The van der Waals surface area contributed by atoms with Crippen molar-refractivity contribution < 1.29 is 62.2 Å². The van der Waals surface area contributed by atoms with Gasteiger partial charge in [-0.05, 0) is 30.3 Å². The molecule has 206 valence electrons. The Balaban J connectivity index is 2.33. The van der Waals surface area contributed by atoms with Gasteiger partial charge in [0.25, 0.3) is 9.84 Å². The van der Waals surface area contributed by atoms with Gasteiger partial charge in [0.1, 0.15) is 9.92 Å². The average Bonchev–Trinajstić information content (AvgIpc) is 2.79. The maximum Gasteiger partial charge on any atom is 0.502 e. The van der Waals surface area contributed by atoms with Gasteiger partial charge < -0.3 is 5.21 Å². The number of sulfone groups is 1. The number of carbonyl (C=O) groups excluding carboxylic acids is 1. The van der Waals surface area contributed by atoms with E-state index in [1.807, 2.05) is 0 Å². The van der Waals surface area contributed by atoms with Gasteiger partial charge in [-0.2, -0.15) is 39.5 Å². The fraction of sp³-hybridized carbons (Fsp3) is 0.200. The molecule has 1 heterocycles. The Labute approximate surface area is 209 Å². The highest BCUT2D eigenvalue weighted by atomic mass is 35.5. The minimum atomic E-state index is -6.97. The first kappa shape index (κ1) is 29.5. The Hall–Kier alpha value is -3.02. The number of nitrogens with zero attached hydrogens (tertiary/aromatic N) is 1. The zero-order chi connectivity index (χ0) is 29.1. The van der Waals surface area contributed by atoms with Gasteiger partial charge >= 0.3 is 29.4 Å². The first-order chi connectivity index (χ1) is 17.1. The summed E-state index contributed by atoms with van der Waals surface area (Å²) in [4.78, 5) is 14.0. The molecule has 0 saturated carbocycles. The maximum atomic E-state index is 14.5. The van der Waals surface area contributed by atoms with Gasteiger partial charge in [0.15, 0.2) is 5.69 Å². The molecule has 1 N–H and O–H groups in total. The Morgan fingerprint density at radius 1 is 0.895 bits per heavy atom. The Kier molecular flexibility index (Phi) is 7.24. The van der Waals surface area contributed by atoms with Crippen LogP contribution in [0.3, 0.4) is 0 Å². The number of carbonyl (C=O) groups is 1. The molecular formula is C20H9ClF10N2O4S. The van der Waals surface area contributed by atoms with Gasteiger partial charge in [0, 0.05) is 17.1 Å². The summed E-state index contributed by atoms with van der Waals surface area (Å²) in [5.74, 6) is -1.75. The highest BCUT2D eigenvalue weighted by molar-refractivity contribution is 7.92. The van der Waals surface area contributed by atoms with Crippen LogP contribution in [0.4, 0.5) is 49.6 Å². The first-order valence-corrected chi connectivity index (χ1v) is 11.4. The van der Waals surface area contributed by atoms with Crippen molar-refractivity contribution in [1.82, 2.24) is 4.98 Å². The van der Waals surface area contributed by atoms with Crippen molar-refractivity contribution in [3.8, 4) is 0 Å². The molecule has 6 nitrogen and oxygen atoms in total. The van der Waals surface area contributed by atoms with Crippen molar-refractivity contribution in [3.63, 3.8) is 0 Å². The predicted octanol–water partition coefficient (Wildman–Crippen LogP) is 5.33. The molecule has 0 aliphatic heterocycles. The van der Waals surface area contributed by atoms with E-state index in [9.17, 15) is 62.3 Å². The van der Waals surface area contributed by atoms with Crippen LogP contribution in [-0.2, 0) is 15.5 Å². The van der Waals surface area contributed by atoms with E-state index in [1.165, 1.54) is 24.4 Å². The molecule has 0 bridgehead atoms. The summed E-state index contributed by atoms with van der Waals surface area (Å²) < 4.78 is 158. The third-order valence-electron chi connectivity index (χ3n) is 5.13. The SMILES string of the molecule is O=C(c1ccc2cccnc2c1)[NH+]([O-])c1c(Cl)cc(C(F)(C(F)(F)F)C(F)(F)F)cc1S(=O)(=O)C(F)(F)F. The van der Waals surface area contributed by atoms with Gasteiger partial charge in [-0.3, -0.25) is 10.0 Å². The second-order valence-corrected chi connectivity index (χ2v) is 9.82. The van der Waals surface area contributed by atoms with E-state index in [0.29, 0.717) is 5.39 Å². The molecule has 1 aromatic heterocycles. The van der Waals surface area contributed by atoms with Crippen LogP contribution in [0.2, 0.25) is 5.02 Å². The third-order valence-corrected chi connectivity index (χ3v) is 6.94. The number of hydroxylamine groups is 1. The largest absolute Gasteiger partial charge is 0.621 e. The number of aromatic nitrogens is 1. The zero-order valence-corrected chi connectivity index (χ0v) is 19.3. The van der Waals surface area contributed by atoms with E-state index in [0.717, 1.165) is 12.1 Å². The Morgan fingerprint density at radius 2 is 1.47 bits per heavy atom. The molecule has 0 radical (unpaired) electrons. The zero-order valence-electron chi connectivity index (χ0n) is 17.8. The van der Waals surface area contributed by atoms with E-state index in [2.05, 4.69) is 4.98 Å². The smallest absolute Gasteiger partial charge is 0.502 e. The number of nitrogens with one attached hydrogen (secondary N) is 1. The molecule has 0 aliphatic carbocycles. The maximum absolute atomic E-state index is 14.5. The third kappa shape index (κ3) is 4.78. The van der Waals surface area contributed by atoms with Crippen LogP contribution >= 0.6 is 11.6 Å². The van der Waals surface area contributed by atoms with E-state index in [4.69, 9.17) is 11.6 Å². The molecule has 0 spiro atoms. The molecule has 18 heteroatoms. The van der Waals surface area contributed by atoms with Crippen molar-refractivity contribution in [1.29, 1.82) is 0 Å². The number of rotatable bonds is 4. The molecule has 3 rings (SSSR count). The Morgan fingerprint density at radius 3 is 2.00 bits per heavy atom. The van der Waals surface area contributed by atoms with Crippen LogP contribution in [0.15, 0.2) is 53.6 Å². The molecular weight excluding hydrogens is 590 g/mol. The molecule has 0 saturated heterocycles. The van der Waals surface area contributed by atoms with E-state index in [1.54, 1.807) is 0 Å². The van der Waals surface area contributed by atoms with Gasteiger partial charge in [0.2, 0.25) is 0 Å². The van der Waals surface area contributed by atoms with Crippen molar-refractivity contribution in [2.24, 2.45) is 0 Å². The van der Waals surface area contributed by atoms with Gasteiger partial charge in [0.05, 0.1) is 11.1 Å². The van der Waals surface area contributed by atoms with Crippen molar-refractivity contribution in [3.05, 3.63) is 70.0 Å². The Bertz CT molecular complexity index is 1510. The lowest BCUT2D eigenvalue weighted by Gasteiger charge is -2.31. The van der Waals surface area contributed by atoms with Gasteiger partial charge in [-0.15, -0.1) is 0 Å².